The van der Waals surface area contributed by atoms with Gasteiger partial charge in [-0.1, -0.05) is 58.0 Å². The lowest BCUT2D eigenvalue weighted by atomic mass is 9.68. The van der Waals surface area contributed by atoms with Crippen molar-refractivity contribution in [2.75, 3.05) is 20.8 Å². The summed E-state index contributed by atoms with van der Waals surface area (Å²) in [5, 5.41) is 24.8. The predicted molar refractivity (Wildman–Crippen MR) is 171 cm³/mol. The van der Waals surface area contributed by atoms with Crippen LogP contribution in [0.5, 0.6) is 11.5 Å². The number of fused-ring (bicyclic) bond motifs is 2. The van der Waals surface area contributed by atoms with Crippen molar-refractivity contribution in [3.8, 4) is 11.5 Å². The van der Waals surface area contributed by atoms with Crippen LogP contribution in [0.2, 0.25) is 0 Å². The number of Topliss-reactive ketones (excluding diaryl/α,β-unsaturated/α-hetero) is 1. The van der Waals surface area contributed by atoms with Crippen LogP contribution in [0.1, 0.15) is 74.6 Å². The van der Waals surface area contributed by atoms with E-state index in [2.05, 4.69) is 13.8 Å². The van der Waals surface area contributed by atoms with E-state index in [0.717, 1.165) is 0 Å². The lowest BCUT2D eigenvalue weighted by Gasteiger charge is -2.43. The van der Waals surface area contributed by atoms with Crippen LogP contribution in [-0.2, 0) is 14.3 Å². The highest BCUT2D eigenvalue weighted by molar-refractivity contribution is 6.02. The van der Waals surface area contributed by atoms with E-state index >= 15 is 0 Å². The van der Waals surface area contributed by atoms with Gasteiger partial charge in [0.15, 0.2) is 5.78 Å². The highest BCUT2D eigenvalue weighted by Crippen LogP contribution is 2.63. The van der Waals surface area contributed by atoms with Gasteiger partial charge in [-0.25, -0.2) is 9.59 Å². The minimum Gasteiger partial charge on any atom is -0.496 e. The molecule has 3 aliphatic rings. The number of methoxy groups -OCH3 is 2. The zero-order chi connectivity index (χ0) is 33.6. The van der Waals surface area contributed by atoms with E-state index in [1.165, 1.54) is 14.2 Å². The number of carbonyl (C=O) groups is 3. The number of para-hydroxylation sites is 2. The largest absolute Gasteiger partial charge is 0.496 e. The van der Waals surface area contributed by atoms with Crippen LogP contribution < -0.4 is 9.47 Å². The van der Waals surface area contributed by atoms with Crippen molar-refractivity contribution < 1.29 is 43.5 Å². The molecular weight excluding hydrogens is 588 g/mol. The van der Waals surface area contributed by atoms with E-state index in [-0.39, 0.29) is 41.4 Å². The molecule has 0 aromatic heterocycles. The average molecular weight is 635 g/mol. The number of carbonyl (C=O) groups excluding carboxylic acids is 3. The minimum absolute atomic E-state index is 0.0167. The van der Waals surface area contributed by atoms with Crippen LogP contribution in [0.4, 0.5) is 0 Å². The van der Waals surface area contributed by atoms with Gasteiger partial charge in [0.05, 0.1) is 32.8 Å². The zero-order valence-corrected chi connectivity index (χ0v) is 27.7. The van der Waals surface area contributed by atoms with E-state index in [0.29, 0.717) is 29.9 Å². The minimum atomic E-state index is -2.03. The second kappa shape index (κ2) is 12.5. The molecule has 0 heterocycles. The van der Waals surface area contributed by atoms with Crippen molar-refractivity contribution in [3.05, 3.63) is 71.3 Å². The highest BCUT2D eigenvalue weighted by Gasteiger charge is 2.64. The fourth-order valence-electron chi connectivity index (χ4n) is 7.94. The predicted octanol–water partition coefficient (Wildman–Crippen LogP) is 5.42. The van der Waals surface area contributed by atoms with Gasteiger partial charge in [0, 0.05) is 5.41 Å². The first-order chi connectivity index (χ1) is 21.7. The Morgan fingerprint density at radius 1 is 0.935 bits per heavy atom. The maximum Gasteiger partial charge on any atom is 0.342 e. The molecule has 0 amide bonds. The number of hydrogen-bond acceptors (Lipinski definition) is 9. The van der Waals surface area contributed by atoms with Crippen LogP contribution >= 0.6 is 0 Å². The van der Waals surface area contributed by atoms with Gasteiger partial charge in [-0.3, -0.25) is 4.79 Å². The Bertz CT molecular complexity index is 1530. The Labute approximate surface area is 270 Å². The van der Waals surface area contributed by atoms with Crippen LogP contribution in [-0.4, -0.2) is 66.6 Å². The first kappa shape index (κ1) is 33.7. The number of hydrogen-bond donors (Lipinski definition) is 2. The summed E-state index contributed by atoms with van der Waals surface area (Å²) < 4.78 is 22.7. The molecule has 0 radical (unpaired) electrons. The summed E-state index contributed by atoms with van der Waals surface area (Å²) in [6.07, 6.45) is 0.660. The summed E-state index contributed by atoms with van der Waals surface area (Å²) in [4.78, 5) is 41.1. The van der Waals surface area contributed by atoms with E-state index in [4.69, 9.17) is 18.9 Å². The molecule has 0 unspecified atom stereocenters. The fourth-order valence-corrected chi connectivity index (χ4v) is 7.94. The van der Waals surface area contributed by atoms with E-state index in [1.807, 2.05) is 13.0 Å². The molecule has 0 spiro atoms. The van der Waals surface area contributed by atoms with Crippen LogP contribution in [0.25, 0.3) is 0 Å². The van der Waals surface area contributed by atoms with Gasteiger partial charge in [0.1, 0.15) is 34.3 Å². The number of ether oxygens (including phenoxy) is 4. The summed E-state index contributed by atoms with van der Waals surface area (Å²) in [7, 11) is 2.92. The smallest absolute Gasteiger partial charge is 0.342 e. The number of aliphatic hydroxyl groups is 2. The molecule has 0 bridgehead atoms. The van der Waals surface area contributed by atoms with Crippen molar-refractivity contribution in [1.82, 2.24) is 0 Å². The molecule has 3 aliphatic carbocycles. The molecule has 2 N–H and O–H groups in total. The Kier molecular flexibility index (Phi) is 9.14. The lowest BCUT2D eigenvalue weighted by molar-refractivity contribution is -0.159. The molecule has 2 aromatic carbocycles. The second-order valence-corrected chi connectivity index (χ2v) is 14.2. The van der Waals surface area contributed by atoms with Gasteiger partial charge in [0.25, 0.3) is 0 Å². The summed E-state index contributed by atoms with van der Waals surface area (Å²) in [5.74, 6) is -2.44. The third-order valence-corrected chi connectivity index (χ3v) is 10.9. The quantitative estimate of drug-likeness (QED) is 0.384. The Hall–Kier alpha value is -3.69. The number of allylic oxidation sites excluding steroid dienone is 1. The van der Waals surface area contributed by atoms with E-state index in [9.17, 15) is 24.6 Å². The summed E-state index contributed by atoms with van der Waals surface area (Å²) >= 11 is 0. The SMILES string of the molecule is COc1ccccc1C(=O)OC[C@]1(C)CC[C@H]2[C@@H](/C=C(\C)C(=O)[C@@]3(O)C[C@H](C)[C@H](OC(=O)c4ccccc4OC)[C@@H]3[C@H]1O)C2(C)C. The van der Waals surface area contributed by atoms with Crippen LogP contribution in [0.15, 0.2) is 60.2 Å². The number of aliphatic hydroxyl groups excluding tert-OH is 1. The number of ketones is 1. The summed E-state index contributed by atoms with van der Waals surface area (Å²) in [6, 6.07) is 13.4. The normalized spacial score (nSPS) is 34.5. The summed E-state index contributed by atoms with van der Waals surface area (Å²) in [6.45, 7) is 9.43. The molecule has 8 atom stereocenters. The van der Waals surface area contributed by atoms with Crippen molar-refractivity contribution >= 4 is 17.7 Å². The lowest BCUT2D eigenvalue weighted by Crippen LogP contribution is -2.56. The average Bonchev–Trinajstić information content (AvgIpc) is 3.45. The molecule has 5 rings (SSSR count). The third-order valence-electron chi connectivity index (χ3n) is 10.9. The maximum absolute atomic E-state index is 14.2. The zero-order valence-electron chi connectivity index (χ0n) is 27.7. The molecule has 2 aromatic rings. The third kappa shape index (κ3) is 5.84. The molecule has 0 saturated heterocycles. The standard InChI is InChI=1S/C37H46O9/c1-21-18-26-25(35(26,3)4)16-17-36(5,20-45-33(40)23-12-8-10-14-27(23)43-6)32(39)29-30(22(2)19-37(29,42)31(21)38)46-34(41)24-13-9-11-15-28(24)44-7/h8-15,18,22,25-26,29-30,32,39,42H,16-17,19-20H2,1-7H3/b21-18+/t22-,25-,26+,29+,30-,32+,36-,37+/m0/s1. The van der Waals surface area contributed by atoms with Crippen molar-refractivity contribution in [1.29, 1.82) is 0 Å². The van der Waals surface area contributed by atoms with Crippen molar-refractivity contribution in [3.63, 3.8) is 0 Å². The van der Waals surface area contributed by atoms with E-state index < -0.39 is 52.8 Å². The first-order valence-electron chi connectivity index (χ1n) is 16.0. The summed E-state index contributed by atoms with van der Waals surface area (Å²) in [5.41, 5.74) is -2.35. The highest BCUT2D eigenvalue weighted by atomic mass is 16.6. The topological polar surface area (TPSA) is 129 Å². The monoisotopic (exact) mass is 634 g/mol. The second-order valence-electron chi connectivity index (χ2n) is 14.2. The molecule has 0 aliphatic heterocycles. The van der Waals surface area contributed by atoms with Crippen LogP contribution in [0, 0.1) is 34.5 Å². The Balaban J connectivity index is 1.54. The number of rotatable bonds is 7. The molecule has 2 fully saturated rings. The number of esters is 2. The Morgan fingerprint density at radius 3 is 2.09 bits per heavy atom. The van der Waals surface area contributed by atoms with E-state index in [1.54, 1.807) is 62.4 Å². The van der Waals surface area contributed by atoms with Gasteiger partial charge in [0.2, 0.25) is 0 Å². The molecule has 248 valence electrons. The first-order valence-corrected chi connectivity index (χ1v) is 16.0. The fraction of sp³-hybridized carbons (Fsp3) is 0.541. The number of benzene rings is 2. The Morgan fingerprint density at radius 2 is 1.50 bits per heavy atom. The molecule has 46 heavy (non-hydrogen) atoms. The van der Waals surface area contributed by atoms with Gasteiger partial charge in [-0.05, 0) is 79.2 Å². The molecule has 9 heteroatoms. The van der Waals surface area contributed by atoms with Crippen molar-refractivity contribution in [2.24, 2.45) is 34.5 Å². The van der Waals surface area contributed by atoms with Gasteiger partial charge in [-0.15, -0.1) is 0 Å². The maximum atomic E-state index is 14.2. The van der Waals surface area contributed by atoms with Crippen LogP contribution in [0.3, 0.4) is 0 Å². The molecule has 2 saturated carbocycles. The molecule has 9 nitrogen and oxygen atoms in total. The molecular formula is C37H46O9. The van der Waals surface area contributed by atoms with Gasteiger partial charge < -0.3 is 29.2 Å². The van der Waals surface area contributed by atoms with Gasteiger partial charge >= 0.3 is 11.9 Å². The van der Waals surface area contributed by atoms with Crippen molar-refractivity contribution in [2.45, 2.75) is 71.7 Å². The van der Waals surface area contributed by atoms with Gasteiger partial charge in [-0.2, -0.15) is 0 Å².